The minimum Gasteiger partial charge on any atom is -0.256 e. The first-order chi connectivity index (χ1) is 8.95. The lowest BCUT2D eigenvalue weighted by atomic mass is 10.2. The van der Waals surface area contributed by atoms with Gasteiger partial charge in [0.05, 0.1) is 11.3 Å². The molecule has 0 radical (unpaired) electrons. The zero-order valence-electron chi connectivity index (χ0n) is 9.66. The Morgan fingerprint density at radius 3 is 2.32 bits per heavy atom. The maximum absolute atomic E-state index is 12.5. The van der Waals surface area contributed by atoms with E-state index < -0.39 is 11.7 Å². The van der Waals surface area contributed by atoms with Crippen LogP contribution in [0.25, 0.3) is 0 Å². The molecule has 0 amide bonds. The van der Waals surface area contributed by atoms with Gasteiger partial charge in [-0.15, -0.1) is 0 Å². The molecule has 5 heteroatoms. The molecule has 98 valence electrons. The molecule has 19 heavy (non-hydrogen) atoms. The molecule has 2 aromatic rings. The molecule has 0 fully saturated rings. The molecule has 0 aliphatic rings. The lowest BCUT2D eigenvalue weighted by Gasteiger charge is -2.06. The SMILES string of the molecule is FC(F)(F)c1cccc(N=Cc2ccc(Br)cc2)c1. The summed E-state index contributed by atoms with van der Waals surface area (Å²) in [6, 6.07) is 12.2. The van der Waals surface area contributed by atoms with Crippen LogP contribution in [-0.2, 0) is 6.18 Å². The van der Waals surface area contributed by atoms with Crippen LogP contribution < -0.4 is 0 Å². The third-order valence-electron chi connectivity index (χ3n) is 2.41. The van der Waals surface area contributed by atoms with Gasteiger partial charge in [-0.25, -0.2) is 0 Å². The topological polar surface area (TPSA) is 12.4 Å². The molecule has 0 heterocycles. The highest BCUT2D eigenvalue weighted by atomic mass is 79.9. The highest BCUT2D eigenvalue weighted by Crippen LogP contribution is 2.31. The van der Waals surface area contributed by atoms with Gasteiger partial charge in [0.2, 0.25) is 0 Å². The molecule has 0 spiro atoms. The minimum absolute atomic E-state index is 0.276. The Morgan fingerprint density at radius 2 is 1.68 bits per heavy atom. The standard InChI is InChI=1S/C14H9BrF3N/c15-12-6-4-10(5-7-12)9-19-13-3-1-2-11(8-13)14(16,17)18/h1-9H. The third kappa shape index (κ3) is 3.92. The molecular weight excluding hydrogens is 319 g/mol. The number of rotatable bonds is 2. The molecule has 1 nitrogen and oxygen atoms in total. The molecule has 0 saturated heterocycles. The van der Waals surface area contributed by atoms with Crippen molar-refractivity contribution in [3.63, 3.8) is 0 Å². The second kappa shape index (κ2) is 5.57. The summed E-state index contributed by atoms with van der Waals surface area (Å²) in [5, 5.41) is 0. The quantitative estimate of drug-likeness (QED) is 0.671. The van der Waals surface area contributed by atoms with Crippen molar-refractivity contribution in [2.75, 3.05) is 0 Å². The van der Waals surface area contributed by atoms with Gasteiger partial charge in [-0.2, -0.15) is 13.2 Å². The van der Waals surface area contributed by atoms with Crippen LogP contribution >= 0.6 is 15.9 Å². The Kier molecular flexibility index (Phi) is 4.04. The maximum atomic E-state index is 12.5. The van der Waals surface area contributed by atoms with Gasteiger partial charge in [-0.1, -0.05) is 34.1 Å². The summed E-state index contributed by atoms with van der Waals surface area (Å²) in [5.74, 6) is 0. The van der Waals surface area contributed by atoms with Gasteiger partial charge >= 0.3 is 6.18 Å². The Morgan fingerprint density at radius 1 is 1.00 bits per heavy atom. The van der Waals surface area contributed by atoms with Gasteiger partial charge in [-0.05, 0) is 35.9 Å². The zero-order valence-corrected chi connectivity index (χ0v) is 11.2. The predicted octanol–water partition coefficient (Wildman–Crippen LogP) is 5.22. The van der Waals surface area contributed by atoms with E-state index in [1.54, 1.807) is 0 Å². The van der Waals surface area contributed by atoms with Crippen molar-refractivity contribution < 1.29 is 13.2 Å². The number of hydrogen-bond donors (Lipinski definition) is 0. The van der Waals surface area contributed by atoms with E-state index in [1.807, 2.05) is 24.3 Å². The second-order valence-corrected chi connectivity index (χ2v) is 4.77. The Balaban J connectivity index is 2.21. The van der Waals surface area contributed by atoms with Crippen molar-refractivity contribution in [3.8, 4) is 0 Å². The molecule has 0 N–H and O–H groups in total. The van der Waals surface area contributed by atoms with E-state index in [1.165, 1.54) is 18.3 Å². The predicted molar refractivity (Wildman–Crippen MR) is 72.8 cm³/mol. The van der Waals surface area contributed by atoms with E-state index in [0.29, 0.717) is 0 Å². The highest BCUT2D eigenvalue weighted by molar-refractivity contribution is 9.10. The van der Waals surface area contributed by atoms with Crippen LogP contribution in [0.3, 0.4) is 0 Å². The number of benzene rings is 2. The first kappa shape index (κ1) is 13.8. The second-order valence-electron chi connectivity index (χ2n) is 3.86. The van der Waals surface area contributed by atoms with Crippen LogP contribution in [0.5, 0.6) is 0 Å². The fourth-order valence-corrected chi connectivity index (χ4v) is 1.72. The smallest absolute Gasteiger partial charge is 0.256 e. The number of aliphatic imine (C=N–C) groups is 1. The molecule has 2 rings (SSSR count). The van der Waals surface area contributed by atoms with Crippen molar-refractivity contribution in [3.05, 3.63) is 64.1 Å². The minimum atomic E-state index is -4.34. The molecule has 0 saturated carbocycles. The Bertz CT molecular complexity index is 588. The van der Waals surface area contributed by atoms with E-state index >= 15 is 0 Å². The number of halogens is 4. The molecule has 0 aromatic heterocycles. The van der Waals surface area contributed by atoms with Crippen molar-refractivity contribution >= 4 is 27.8 Å². The summed E-state index contributed by atoms with van der Waals surface area (Å²) in [5.41, 5.74) is 0.399. The van der Waals surface area contributed by atoms with Crippen molar-refractivity contribution in [1.29, 1.82) is 0 Å². The number of alkyl halides is 3. The van der Waals surface area contributed by atoms with Crippen LogP contribution in [0.2, 0.25) is 0 Å². The Labute approximate surface area is 116 Å². The van der Waals surface area contributed by atoms with Crippen molar-refractivity contribution in [1.82, 2.24) is 0 Å². The van der Waals surface area contributed by atoms with Crippen LogP contribution in [0.15, 0.2) is 58.0 Å². The first-order valence-electron chi connectivity index (χ1n) is 5.42. The normalized spacial score (nSPS) is 12.0. The lowest BCUT2D eigenvalue weighted by Crippen LogP contribution is -2.03. The summed E-state index contributed by atoms with van der Waals surface area (Å²) in [7, 11) is 0. The molecule has 0 aliphatic heterocycles. The summed E-state index contributed by atoms with van der Waals surface area (Å²) < 4.78 is 38.5. The average molecular weight is 328 g/mol. The summed E-state index contributed by atoms with van der Waals surface area (Å²) in [6.45, 7) is 0. The van der Waals surface area contributed by atoms with Gasteiger partial charge in [0, 0.05) is 10.7 Å². The van der Waals surface area contributed by atoms with Gasteiger partial charge in [0.25, 0.3) is 0 Å². The van der Waals surface area contributed by atoms with Crippen LogP contribution in [0.4, 0.5) is 18.9 Å². The van der Waals surface area contributed by atoms with Gasteiger partial charge in [-0.3, -0.25) is 4.99 Å². The van der Waals surface area contributed by atoms with E-state index in [9.17, 15) is 13.2 Å². The highest BCUT2D eigenvalue weighted by Gasteiger charge is 2.30. The molecule has 0 bridgehead atoms. The number of nitrogens with zero attached hydrogens (tertiary/aromatic N) is 1. The number of hydrogen-bond acceptors (Lipinski definition) is 1. The van der Waals surface area contributed by atoms with E-state index in [-0.39, 0.29) is 5.69 Å². The van der Waals surface area contributed by atoms with Crippen molar-refractivity contribution in [2.24, 2.45) is 4.99 Å². The lowest BCUT2D eigenvalue weighted by molar-refractivity contribution is -0.137. The van der Waals surface area contributed by atoms with Gasteiger partial charge in [0.1, 0.15) is 0 Å². The van der Waals surface area contributed by atoms with Crippen LogP contribution in [-0.4, -0.2) is 6.21 Å². The van der Waals surface area contributed by atoms with Crippen LogP contribution in [0, 0.1) is 0 Å². The van der Waals surface area contributed by atoms with E-state index in [0.717, 1.165) is 22.2 Å². The summed E-state index contributed by atoms with van der Waals surface area (Å²) in [6.07, 6.45) is -2.81. The fraction of sp³-hybridized carbons (Fsp3) is 0.0714. The Hall–Kier alpha value is -1.62. The summed E-state index contributed by atoms with van der Waals surface area (Å²) >= 11 is 3.30. The average Bonchev–Trinajstić information content (AvgIpc) is 2.37. The molecular formula is C14H9BrF3N. The molecule has 2 aromatic carbocycles. The molecule has 0 atom stereocenters. The monoisotopic (exact) mass is 327 g/mol. The van der Waals surface area contributed by atoms with Gasteiger partial charge < -0.3 is 0 Å². The first-order valence-corrected chi connectivity index (χ1v) is 6.21. The van der Waals surface area contributed by atoms with E-state index in [4.69, 9.17) is 0 Å². The molecule has 0 unspecified atom stereocenters. The zero-order chi connectivity index (χ0) is 13.9. The maximum Gasteiger partial charge on any atom is 0.416 e. The largest absolute Gasteiger partial charge is 0.416 e. The van der Waals surface area contributed by atoms with E-state index in [2.05, 4.69) is 20.9 Å². The molecule has 0 aliphatic carbocycles. The third-order valence-corrected chi connectivity index (χ3v) is 2.93. The van der Waals surface area contributed by atoms with Gasteiger partial charge in [0.15, 0.2) is 0 Å². The van der Waals surface area contributed by atoms with Crippen LogP contribution in [0.1, 0.15) is 11.1 Å². The van der Waals surface area contributed by atoms with Crippen molar-refractivity contribution in [2.45, 2.75) is 6.18 Å². The summed E-state index contributed by atoms with van der Waals surface area (Å²) in [4.78, 5) is 4.04. The fourth-order valence-electron chi connectivity index (χ4n) is 1.46.